The topological polar surface area (TPSA) is 65.1 Å². The van der Waals surface area contributed by atoms with E-state index in [1.165, 1.54) is 7.11 Å². The Morgan fingerprint density at radius 2 is 1.91 bits per heavy atom. The van der Waals surface area contributed by atoms with E-state index in [1.807, 2.05) is 0 Å². The van der Waals surface area contributed by atoms with Gasteiger partial charge in [0.25, 0.3) is 5.91 Å². The highest BCUT2D eigenvalue weighted by Gasteiger charge is 2.17. The van der Waals surface area contributed by atoms with E-state index in [9.17, 15) is 9.59 Å². The molecule has 0 radical (unpaired) electrons. The van der Waals surface area contributed by atoms with Crippen molar-refractivity contribution in [3.05, 3.63) is 29.8 Å². The Balaban J connectivity index is 2.77. The van der Waals surface area contributed by atoms with Crippen molar-refractivity contribution in [3.8, 4) is 5.75 Å². The Hall–Kier alpha value is -2.08. The fourth-order valence-corrected chi connectivity index (χ4v) is 1.98. The summed E-state index contributed by atoms with van der Waals surface area (Å²) in [5.41, 5.74) is 0.529. The molecule has 0 bridgehead atoms. The molecule has 0 aliphatic heterocycles. The van der Waals surface area contributed by atoms with Crippen LogP contribution in [0.25, 0.3) is 0 Å². The van der Waals surface area contributed by atoms with Crippen LogP contribution in [0, 0.1) is 0 Å². The summed E-state index contributed by atoms with van der Waals surface area (Å²) >= 11 is 0. The van der Waals surface area contributed by atoms with Crippen LogP contribution in [0.2, 0.25) is 0 Å². The second kappa shape index (κ2) is 9.78. The zero-order valence-electron chi connectivity index (χ0n) is 13.3. The van der Waals surface area contributed by atoms with Crippen LogP contribution in [0.4, 0.5) is 0 Å². The monoisotopic (exact) mass is 309 g/mol. The number of methoxy groups -OCH3 is 3. The molecule has 6 heteroatoms. The van der Waals surface area contributed by atoms with Gasteiger partial charge in [0.15, 0.2) is 0 Å². The minimum Gasteiger partial charge on any atom is -0.497 e. The first-order valence-electron chi connectivity index (χ1n) is 7.11. The summed E-state index contributed by atoms with van der Waals surface area (Å²) in [5.74, 6) is 0.143. The average molecular weight is 309 g/mol. The van der Waals surface area contributed by atoms with Crippen molar-refractivity contribution in [2.24, 2.45) is 0 Å². The van der Waals surface area contributed by atoms with Crippen molar-refractivity contribution in [1.82, 2.24) is 4.90 Å². The second-order valence-corrected chi connectivity index (χ2v) is 4.70. The largest absolute Gasteiger partial charge is 0.497 e. The molecule has 0 fully saturated rings. The molecule has 1 amide bonds. The lowest BCUT2D eigenvalue weighted by molar-refractivity contribution is -0.140. The Kier molecular flexibility index (Phi) is 7.99. The molecule has 0 aromatic heterocycles. The SMILES string of the molecule is COCCCN(CCC(=O)OC)C(=O)c1cccc(OC)c1. The van der Waals surface area contributed by atoms with Gasteiger partial charge in [0.05, 0.1) is 20.6 Å². The molecule has 0 aliphatic rings. The van der Waals surface area contributed by atoms with E-state index in [0.717, 1.165) is 0 Å². The van der Waals surface area contributed by atoms with E-state index in [0.29, 0.717) is 37.4 Å². The molecule has 1 aromatic carbocycles. The van der Waals surface area contributed by atoms with Crippen molar-refractivity contribution in [2.75, 3.05) is 41.0 Å². The number of nitrogens with zero attached hydrogens (tertiary/aromatic N) is 1. The lowest BCUT2D eigenvalue weighted by Gasteiger charge is -2.22. The number of rotatable bonds is 9. The molecule has 6 nitrogen and oxygen atoms in total. The fraction of sp³-hybridized carbons (Fsp3) is 0.500. The predicted molar refractivity (Wildman–Crippen MR) is 82.0 cm³/mol. The quantitative estimate of drug-likeness (QED) is 0.513. The van der Waals surface area contributed by atoms with Crippen molar-refractivity contribution < 1.29 is 23.8 Å². The van der Waals surface area contributed by atoms with Gasteiger partial charge in [0.1, 0.15) is 5.75 Å². The molecule has 0 N–H and O–H groups in total. The summed E-state index contributed by atoms with van der Waals surface area (Å²) in [7, 11) is 4.50. The lowest BCUT2D eigenvalue weighted by atomic mass is 10.1. The van der Waals surface area contributed by atoms with Gasteiger partial charge in [-0.2, -0.15) is 0 Å². The zero-order chi connectivity index (χ0) is 16.4. The molecule has 0 aliphatic carbocycles. The molecule has 0 saturated heterocycles. The maximum Gasteiger partial charge on any atom is 0.307 e. The summed E-state index contributed by atoms with van der Waals surface area (Å²) in [5, 5.41) is 0. The van der Waals surface area contributed by atoms with Gasteiger partial charge in [-0.05, 0) is 24.6 Å². The number of amides is 1. The van der Waals surface area contributed by atoms with Crippen molar-refractivity contribution in [1.29, 1.82) is 0 Å². The molecule has 0 atom stereocenters. The summed E-state index contributed by atoms with van der Waals surface area (Å²) in [4.78, 5) is 25.5. The molecule has 0 unspecified atom stereocenters. The molecule has 122 valence electrons. The van der Waals surface area contributed by atoms with E-state index in [1.54, 1.807) is 43.4 Å². The Bertz CT molecular complexity index is 489. The van der Waals surface area contributed by atoms with Crippen LogP contribution in [0.3, 0.4) is 0 Å². The summed E-state index contributed by atoms with van der Waals surface area (Å²) < 4.78 is 14.8. The maximum absolute atomic E-state index is 12.6. The number of benzene rings is 1. The standard InChI is InChI=1S/C16H23NO5/c1-20-11-5-9-17(10-8-15(18)22-3)16(19)13-6-4-7-14(12-13)21-2/h4,6-7,12H,5,8-11H2,1-3H3. The highest BCUT2D eigenvalue weighted by Crippen LogP contribution is 2.15. The van der Waals surface area contributed by atoms with Gasteiger partial charge in [-0.3, -0.25) is 9.59 Å². The number of hydrogen-bond acceptors (Lipinski definition) is 5. The molecule has 0 saturated carbocycles. The maximum atomic E-state index is 12.6. The first-order chi connectivity index (χ1) is 10.6. The molecular formula is C16H23NO5. The van der Waals surface area contributed by atoms with Crippen molar-refractivity contribution in [3.63, 3.8) is 0 Å². The normalized spacial score (nSPS) is 10.1. The average Bonchev–Trinajstić information content (AvgIpc) is 2.57. The summed E-state index contributed by atoms with van der Waals surface area (Å²) in [6.07, 6.45) is 0.868. The third-order valence-corrected chi connectivity index (χ3v) is 3.19. The van der Waals surface area contributed by atoms with Gasteiger partial charge in [-0.1, -0.05) is 6.07 Å². The molecular weight excluding hydrogens is 286 g/mol. The highest BCUT2D eigenvalue weighted by molar-refractivity contribution is 5.94. The molecule has 0 heterocycles. The van der Waals surface area contributed by atoms with E-state index in [4.69, 9.17) is 9.47 Å². The van der Waals surface area contributed by atoms with Crippen LogP contribution >= 0.6 is 0 Å². The van der Waals surface area contributed by atoms with Gasteiger partial charge >= 0.3 is 5.97 Å². The van der Waals surface area contributed by atoms with Crippen LogP contribution in [-0.4, -0.2) is 57.8 Å². The van der Waals surface area contributed by atoms with Crippen LogP contribution in [-0.2, 0) is 14.3 Å². The van der Waals surface area contributed by atoms with Gasteiger partial charge in [0.2, 0.25) is 0 Å². The highest BCUT2D eigenvalue weighted by atomic mass is 16.5. The third-order valence-electron chi connectivity index (χ3n) is 3.19. The van der Waals surface area contributed by atoms with E-state index >= 15 is 0 Å². The van der Waals surface area contributed by atoms with Crippen LogP contribution in [0.15, 0.2) is 24.3 Å². The van der Waals surface area contributed by atoms with E-state index in [2.05, 4.69) is 4.74 Å². The Morgan fingerprint density at radius 3 is 2.55 bits per heavy atom. The minimum absolute atomic E-state index is 0.140. The smallest absolute Gasteiger partial charge is 0.307 e. The number of carbonyl (C=O) groups excluding carboxylic acids is 2. The van der Waals surface area contributed by atoms with E-state index < -0.39 is 0 Å². The first kappa shape index (κ1) is 18.0. The minimum atomic E-state index is -0.338. The van der Waals surface area contributed by atoms with Crippen LogP contribution in [0.1, 0.15) is 23.2 Å². The van der Waals surface area contributed by atoms with E-state index in [-0.39, 0.29) is 18.3 Å². The Labute approximate surface area is 131 Å². The number of hydrogen-bond donors (Lipinski definition) is 0. The number of carbonyl (C=O) groups is 2. The third kappa shape index (κ3) is 5.73. The first-order valence-corrected chi connectivity index (χ1v) is 7.11. The van der Waals surface area contributed by atoms with Crippen LogP contribution < -0.4 is 4.74 Å². The second-order valence-electron chi connectivity index (χ2n) is 4.70. The van der Waals surface area contributed by atoms with Gasteiger partial charge in [-0.15, -0.1) is 0 Å². The van der Waals surface area contributed by atoms with Crippen molar-refractivity contribution >= 4 is 11.9 Å². The number of ether oxygens (including phenoxy) is 3. The predicted octanol–water partition coefficient (Wildman–Crippen LogP) is 1.74. The van der Waals surface area contributed by atoms with Crippen LogP contribution in [0.5, 0.6) is 5.75 Å². The molecule has 1 aromatic rings. The lowest BCUT2D eigenvalue weighted by Crippen LogP contribution is -2.34. The molecule has 22 heavy (non-hydrogen) atoms. The van der Waals surface area contributed by atoms with Gasteiger partial charge in [-0.25, -0.2) is 0 Å². The number of esters is 1. The molecule has 1 rings (SSSR count). The Morgan fingerprint density at radius 1 is 1.14 bits per heavy atom. The molecule has 0 spiro atoms. The summed E-state index contributed by atoms with van der Waals surface area (Å²) in [6, 6.07) is 6.95. The van der Waals surface area contributed by atoms with Crippen molar-refractivity contribution in [2.45, 2.75) is 12.8 Å². The van der Waals surface area contributed by atoms with Gasteiger partial charge < -0.3 is 19.1 Å². The summed E-state index contributed by atoms with van der Waals surface area (Å²) in [6.45, 7) is 1.38. The van der Waals surface area contributed by atoms with Gasteiger partial charge in [0, 0.05) is 32.4 Å². The zero-order valence-corrected chi connectivity index (χ0v) is 13.3. The fourth-order valence-electron chi connectivity index (χ4n) is 1.98.